The Kier molecular flexibility index (Phi) is 5.63. The topological polar surface area (TPSA) is 127 Å². The number of nitrogens with one attached hydrogen (secondary N) is 1. The molecule has 2 aromatic carbocycles. The molecule has 1 aromatic heterocycles. The van der Waals surface area contributed by atoms with Gasteiger partial charge in [-0.1, -0.05) is 12.1 Å². The molecule has 0 radical (unpaired) electrons. The van der Waals surface area contributed by atoms with Crippen molar-refractivity contribution in [3.05, 3.63) is 57.9 Å². The molecule has 3 aromatic rings. The third kappa shape index (κ3) is 3.77. The molecule has 3 N–H and O–H groups in total. The van der Waals surface area contributed by atoms with Gasteiger partial charge >= 0.3 is 5.97 Å². The monoisotopic (exact) mass is 412 g/mol. The summed E-state index contributed by atoms with van der Waals surface area (Å²) in [6.07, 6.45) is -0.147. The molecule has 3 rings (SSSR count). The van der Waals surface area contributed by atoms with E-state index in [1.54, 1.807) is 12.1 Å². The van der Waals surface area contributed by atoms with Crippen LogP contribution in [0.3, 0.4) is 0 Å². The Morgan fingerprint density at radius 2 is 1.67 bits per heavy atom. The van der Waals surface area contributed by atoms with Crippen LogP contribution in [-0.4, -0.2) is 40.9 Å². The van der Waals surface area contributed by atoms with E-state index in [4.69, 9.17) is 14.6 Å². The van der Waals surface area contributed by atoms with Gasteiger partial charge in [0, 0.05) is 24.2 Å². The van der Waals surface area contributed by atoms with Gasteiger partial charge < -0.3 is 29.6 Å². The second-order valence-electron chi connectivity index (χ2n) is 6.53. The van der Waals surface area contributed by atoms with Gasteiger partial charge in [-0.2, -0.15) is 0 Å². The van der Waals surface area contributed by atoms with Crippen LogP contribution in [0.4, 0.5) is 5.69 Å². The van der Waals surface area contributed by atoms with E-state index in [0.29, 0.717) is 28.3 Å². The van der Waals surface area contributed by atoms with Gasteiger partial charge in [0.1, 0.15) is 11.3 Å². The normalized spacial score (nSPS) is 10.6. The molecule has 0 aliphatic carbocycles. The van der Waals surface area contributed by atoms with Crippen molar-refractivity contribution in [2.45, 2.75) is 6.42 Å². The highest BCUT2D eigenvalue weighted by Crippen LogP contribution is 2.36. The summed E-state index contributed by atoms with van der Waals surface area (Å²) in [6.45, 7) is 0. The number of rotatable bonds is 6. The number of carbonyl (C=O) groups is 2. The number of carboxylic acids is 1. The number of nitrogens with zero attached hydrogens (tertiary/aromatic N) is 1. The lowest BCUT2D eigenvalue weighted by Crippen LogP contribution is -2.28. The predicted molar refractivity (Wildman–Crippen MR) is 110 cm³/mol. The zero-order valence-electron chi connectivity index (χ0n) is 16.6. The fraction of sp³-hybridized carbons (Fsp3) is 0.190. The van der Waals surface area contributed by atoms with E-state index >= 15 is 0 Å². The molecule has 0 atom stereocenters. The number of carboxylic acid groups (broad SMARTS) is 1. The van der Waals surface area contributed by atoms with Crippen molar-refractivity contribution in [2.24, 2.45) is 7.05 Å². The molecule has 1 heterocycles. The highest BCUT2D eigenvalue weighted by Gasteiger charge is 2.23. The summed E-state index contributed by atoms with van der Waals surface area (Å²) in [5.74, 6) is -1.54. The van der Waals surface area contributed by atoms with Crippen molar-refractivity contribution in [3.8, 4) is 17.2 Å². The number of aliphatic carboxylic acids is 1. The van der Waals surface area contributed by atoms with Gasteiger partial charge in [0.25, 0.3) is 11.5 Å². The average Bonchev–Trinajstić information content (AvgIpc) is 2.72. The lowest BCUT2D eigenvalue weighted by Gasteiger charge is -2.15. The van der Waals surface area contributed by atoms with Crippen LogP contribution in [-0.2, 0) is 18.3 Å². The van der Waals surface area contributed by atoms with Gasteiger partial charge in [-0.05, 0) is 23.8 Å². The number of fused-ring (bicyclic) bond motifs is 1. The van der Waals surface area contributed by atoms with Gasteiger partial charge in [0.05, 0.1) is 26.2 Å². The van der Waals surface area contributed by atoms with Crippen LogP contribution < -0.4 is 20.3 Å². The van der Waals surface area contributed by atoms with E-state index in [1.165, 1.54) is 50.1 Å². The number of amides is 1. The number of carbonyl (C=O) groups excluding carboxylic acids is 1. The third-order valence-corrected chi connectivity index (χ3v) is 4.67. The standard InChI is InChI=1S/C21H20N2O7/c1-23-14-10-16(30-3)15(29-2)9-13(14)19(26)18(21(23)28)20(27)22-12-6-4-11(5-7-12)8-17(24)25/h4-7,9-10,26H,8H2,1-3H3,(H,22,27)(H,24,25). The highest BCUT2D eigenvalue weighted by molar-refractivity contribution is 6.09. The van der Waals surface area contributed by atoms with Gasteiger partial charge in [-0.25, -0.2) is 0 Å². The molecule has 9 heteroatoms. The van der Waals surface area contributed by atoms with Crippen molar-refractivity contribution in [1.82, 2.24) is 4.57 Å². The summed E-state index contributed by atoms with van der Waals surface area (Å²) in [7, 11) is 4.36. The van der Waals surface area contributed by atoms with Gasteiger partial charge in [-0.3, -0.25) is 14.4 Å². The minimum atomic E-state index is -0.969. The lowest BCUT2D eigenvalue weighted by atomic mass is 10.1. The molecule has 0 unspecified atom stereocenters. The van der Waals surface area contributed by atoms with Crippen LogP contribution in [0.25, 0.3) is 10.9 Å². The van der Waals surface area contributed by atoms with Crippen LogP contribution >= 0.6 is 0 Å². The maximum Gasteiger partial charge on any atom is 0.307 e. The van der Waals surface area contributed by atoms with Crippen molar-refractivity contribution < 1.29 is 29.3 Å². The Bertz CT molecular complexity index is 1200. The molecule has 156 valence electrons. The number of aromatic hydroxyl groups is 1. The average molecular weight is 412 g/mol. The highest BCUT2D eigenvalue weighted by atomic mass is 16.5. The van der Waals surface area contributed by atoms with Gasteiger partial charge in [0.15, 0.2) is 11.5 Å². The number of anilines is 1. The fourth-order valence-electron chi connectivity index (χ4n) is 3.13. The van der Waals surface area contributed by atoms with E-state index in [0.717, 1.165) is 0 Å². The molecular formula is C21H20N2O7. The Balaban J connectivity index is 2.03. The van der Waals surface area contributed by atoms with Crippen molar-refractivity contribution >= 4 is 28.5 Å². The molecule has 9 nitrogen and oxygen atoms in total. The Morgan fingerprint density at radius 3 is 2.23 bits per heavy atom. The number of benzene rings is 2. The summed E-state index contributed by atoms with van der Waals surface area (Å²) >= 11 is 0. The Morgan fingerprint density at radius 1 is 1.07 bits per heavy atom. The SMILES string of the molecule is COc1cc2c(O)c(C(=O)Nc3ccc(CC(=O)O)cc3)c(=O)n(C)c2cc1OC. The maximum atomic E-state index is 12.8. The minimum Gasteiger partial charge on any atom is -0.506 e. The number of methoxy groups -OCH3 is 2. The van der Waals surface area contributed by atoms with Crippen LogP contribution in [0.15, 0.2) is 41.2 Å². The molecule has 0 spiro atoms. The summed E-state index contributed by atoms with van der Waals surface area (Å²) in [4.78, 5) is 36.3. The van der Waals surface area contributed by atoms with Crippen molar-refractivity contribution in [2.75, 3.05) is 19.5 Å². The van der Waals surface area contributed by atoms with E-state index in [2.05, 4.69) is 5.32 Å². The Labute approximate surface area is 171 Å². The minimum absolute atomic E-state index is 0.147. The molecule has 0 fully saturated rings. The van der Waals surface area contributed by atoms with Gasteiger partial charge in [-0.15, -0.1) is 0 Å². The van der Waals surface area contributed by atoms with Crippen molar-refractivity contribution in [3.63, 3.8) is 0 Å². The zero-order valence-corrected chi connectivity index (χ0v) is 16.6. The third-order valence-electron chi connectivity index (χ3n) is 4.67. The predicted octanol–water partition coefficient (Wildman–Crippen LogP) is 2.14. The first-order chi connectivity index (χ1) is 14.3. The molecule has 30 heavy (non-hydrogen) atoms. The molecule has 0 saturated carbocycles. The lowest BCUT2D eigenvalue weighted by molar-refractivity contribution is -0.136. The Hall–Kier alpha value is -4.01. The maximum absolute atomic E-state index is 12.8. The molecule has 1 amide bonds. The summed E-state index contributed by atoms with van der Waals surface area (Å²) in [5, 5.41) is 22.3. The van der Waals surface area contributed by atoms with E-state index in [-0.39, 0.29) is 11.8 Å². The zero-order chi connectivity index (χ0) is 22.0. The van der Waals surface area contributed by atoms with Crippen LogP contribution in [0.5, 0.6) is 17.2 Å². The van der Waals surface area contributed by atoms with Crippen molar-refractivity contribution in [1.29, 1.82) is 0 Å². The van der Waals surface area contributed by atoms with Crippen LogP contribution in [0.2, 0.25) is 0 Å². The number of hydrogen-bond donors (Lipinski definition) is 3. The van der Waals surface area contributed by atoms with E-state index < -0.39 is 28.7 Å². The van der Waals surface area contributed by atoms with E-state index in [1.807, 2.05) is 0 Å². The van der Waals surface area contributed by atoms with Gasteiger partial charge in [0.2, 0.25) is 0 Å². The second-order valence-corrected chi connectivity index (χ2v) is 6.53. The number of pyridine rings is 1. The smallest absolute Gasteiger partial charge is 0.307 e. The molecule has 0 saturated heterocycles. The van der Waals surface area contributed by atoms with Crippen LogP contribution in [0.1, 0.15) is 15.9 Å². The second kappa shape index (κ2) is 8.16. The number of ether oxygens (including phenoxy) is 2. The number of aryl methyl sites for hydroxylation is 1. The summed E-state index contributed by atoms with van der Waals surface area (Å²) in [6, 6.07) is 9.18. The first-order valence-corrected chi connectivity index (χ1v) is 8.86. The number of hydrogen-bond acceptors (Lipinski definition) is 6. The first kappa shape index (κ1) is 20.7. The fourth-order valence-corrected chi connectivity index (χ4v) is 3.13. The first-order valence-electron chi connectivity index (χ1n) is 8.86. The molecule has 0 aliphatic heterocycles. The molecular weight excluding hydrogens is 392 g/mol. The quantitative estimate of drug-likeness (QED) is 0.566. The van der Waals surface area contributed by atoms with Crippen LogP contribution in [0, 0.1) is 0 Å². The number of aromatic nitrogens is 1. The van der Waals surface area contributed by atoms with E-state index in [9.17, 15) is 19.5 Å². The summed E-state index contributed by atoms with van der Waals surface area (Å²) in [5.41, 5.74) is 0.165. The summed E-state index contributed by atoms with van der Waals surface area (Å²) < 4.78 is 11.7. The molecule has 0 bridgehead atoms. The molecule has 0 aliphatic rings. The largest absolute Gasteiger partial charge is 0.506 e.